The molecule has 2 heterocycles. The average molecular weight is 574 g/mol. The SMILES string of the molecule is O[C@@H]1[C@@H]2CC2[C@H]2[C@@H](n3cnc4c(NCC(c5ccccc5)c5ccccc5)nc(C#Cc5ccccc5Cl)nc43)[C@@]12O. The lowest BCUT2D eigenvalue weighted by Gasteiger charge is -2.19. The van der Waals surface area contributed by atoms with E-state index in [1.165, 1.54) is 11.1 Å². The second kappa shape index (κ2) is 9.67. The van der Waals surface area contributed by atoms with Crippen LogP contribution in [0.5, 0.6) is 0 Å². The molecule has 3 N–H and O–H groups in total. The van der Waals surface area contributed by atoms with Gasteiger partial charge in [-0.2, -0.15) is 0 Å². The molecule has 5 aromatic rings. The maximum absolute atomic E-state index is 11.4. The highest BCUT2D eigenvalue weighted by Gasteiger charge is 2.83. The summed E-state index contributed by atoms with van der Waals surface area (Å²) in [5.74, 6) is 7.75. The fraction of sp³-hybridized carbons (Fsp3) is 0.265. The van der Waals surface area contributed by atoms with Crippen LogP contribution in [-0.4, -0.2) is 48.0 Å². The van der Waals surface area contributed by atoms with Gasteiger partial charge in [-0.1, -0.05) is 90.3 Å². The number of anilines is 1. The van der Waals surface area contributed by atoms with Gasteiger partial charge in [-0.05, 0) is 47.4 Å². The molecule has 3 aliphatic carbocycles. The molecule has 3 fully saturated rings. The van der Waals surface area contributed by atoms with Gasteiger partial charge in [-0.25, -0.2) is 15.0 Å². The van der Waals surface area contributed by atoms with E-state index in [0.717, 1.165) is 6.42 Å². The second-order valence-corrected chi connectivity index (χ2v) is 12.0. The largest absolute Gasteiger partial charge is 0.390 e. The van der Waals surface area contributed by atoms with Crippen molar-refractivity contribution in [3.63, 3.8) is 0 Å². The molecule has 8 heteroatoms. The van der Waals surface area contributed by atoms with Crippen LogP contribution in [-0.2, 0) is 0 Å². The van der Waals surface area contributed by atoms with E-state index in [9.17, 15) is 10.2 Å². The summed E-state index contributed by atoms with van der Waals surface area (Å²) in [5, 5.41) is 26.3. The van der Waals surface area contributed by atoms with Gasteiger partial charge in [0.05, 0.1) is 23.5 Å². The molecule has 3 aliphatic rings. The number of imidazole rings is 1. The molecule has 1 unspecified atom stereocenters. The Bertz CT molecular complexity index is 1830. The first-order valence-corrected chi connectivity index (χ1v) is 14.7. The summed E-state index contributed by atoms with van der Waals surface area (Å²) >= 11 is 6.36. The van der Waals surface area contributed by atoms with Crippen molar-refractivity contribution in [2.45, 2.75) is 30.1 Å². The van der Waals surface area contributed by atoms with Crippen molar-refractivity contribution in [2.75, 3.05) is 11.9 Å². The molecule has 0 spiro atoms. The van der Waals surface area contributed by atoms with E-state index < -0.39 is 11.7 Å². The van der Waals surface area contributed by atoms with Crippen LogP contribution in [0.25, 0.3) is 11.2 Å². The fourth-order valence-electron chi connectivity index (χ4n) is 7.08. The van der Waals surface area contributed by atoms with Crippen LogP contribution in [0, 0.1) is 29.6 Å². The number of hydrogen-bond donors (Lipinski definition) is 3. The quantitative estimate of drug-likeness (QED) is 0.246. The van der Waals surface area contributed by atoms with Gasteiger partial charge < -0.3 is 20.1 Å². The standard InChI is InChI=1S/C34H28ClN5O2/c35-26-14-8-7-13-22(26)15-16-27-38-32(36-18-25(20-9-3-1-4-10-20)21-11-5-2-6-12-21)29-33(39-27)40(19-37-29)30-28-23-17-24(23)31(41)34(28,30)42/h1-14,19,23-25,28,30-31,41-42H,17-18H2,(H,36,38,39)/t23?,24-,28+,30-,31-,34-/m1/s1. The molecule has 3 saturated carbocycles. The summed E-state index contributed by atoms with van der Waals surface area (Å²) in [6.45, 7) is 0.572. The van der Waals surface area contributed by atoms with Crippen molar-refractivity contribution in [3.05, 3.63) is 119 Å². The van der Waals surface area contributed by atoms with Crippen LogP contribution in [0.2, 0.25) is 5.02 Å². The van der Waals surface area contributed by atoms with Gasteiger partial charge in [0.15, 0.2) is 17.0 Å². The highest BCUT2D eigenvalue weighted by molar-refractivity contribution is 6.31. The zero-order valence-electron chi connectivity index (χ0n) is 22.6. The lowest BCUT2D eigenvalue weighted by molar-refractivity contribution is -0.0154. The lowest BCUT2D eigenvalue weighted by atomic mass is 9.91. The first-order valence-electron chi connectivity index (χ1n) is 14.3. The monoisotopic (exact) mass is 573 g/mol. The van der Waals surface area contributed by atoms with E-state index in [0.29, 0.717) is 45.9 Å². The van der Waals surface area contributed by atoms with E-state index in [1.54, 1.807) is 12.4 Å². The van der Waals surface area contributed by atoms with Gasteiger partial charge in [0, 0.05) is 23.9 Å². The minimum Gasteiger partial charge on any atom is -0.390 e. The van der Waals surface area contributed by atoms with Crippen molar-refractivity contribution in [1.82, 2.24) is 19.5 Å². The van der Waals surface area contributed by atoms with Crippen LogP contribution in [0.3, 0.4) is 0 Å². The Morgan fingerprint density at radius 3 is 2.29 bits per heavy atom. The van der Waals surface area contributed by atoms with Crippen LogP contribution in [0.15, 0.2) is 91.3 Å². The van der Waals surface area contributed by atoms with Crippen LogP contribution in [0.4, 0.5) is 5.82 Å². The zero-order valence-corrected chi connectivity index (χ0v) is 23.4. The average Bonchev–Trinajstić information content (AvgIpc) is 3.86. The number of hydrogen-bond acceptors (Lipinski definition) is 6. The third-order valence-corrected chi connectivity index (χ3v) is 9.58. The van der Waals surface area contributed by atoms with E-state index in [2.05, 4.69) is 41.4 Å². The summed E-state index contributed by atoms with van der Waals surface area (Å²) < 4.78 is 1.91. The van der Waals surface area contributed by atoms with Gasteiger partial charge in [-0.15, -0.1) is 0 Å². The summed E-state index contributed by atoms with van der Waals surface area (Å²) in [5.41, 5.74) is 3.12. The van der Waals surface area contributed by atoms with E-state index >= 15 is 0 Å². The third kappa shape index (κ3) is 4.02. The lowest BCUT2D eigenvalue weighted by Crippen LogP contribution is -2.31. The topological polar surface area (TPSA) is 96.1 Å². The molecule has 0 aliphatic heterocycles. The van der Waals surface area contributed by atoms with Gasteiger partial charge in [0.1, 0.15) is 5.60 Å². The van der Waals surface area contributed by atoms with Crippen molar-refractivity contribution in [2.24, 2.45) is 17.8 Å². The zero-order chi connectivity index (χ0) is 28.4. The van der Waals surface area contributed by atoms with Crippen molar-refractivity contribution >= 4 is 28.6 Å². The smallest absolute Gasteiger partial charge is 0.209 e. The van der Waals surface area contributed by atoms with Crippen molar-refractivity contribution in [1.29, 1.82) is 0 Å². The molecule has 8 rings (SSSR count). The Morgan fingerprint density at radius 2 is 1.62 bits per heavy atom. The normalized spacial score (nSPS) is 26.8. The Hall–Kier alpha value is -4.22. The molecule has 2 aromatic heterocycles. The molecule has 42 heavy (non-hydrogen) atoms. The maximum atomic E-state index is 11.4. The number of nitrogens with zero attached hydrogens (tertiary/aromatic N) is 4. The first kappa shape index (κ1) is 25.5. The number of aliphatic hydroxyl groups excluding tert-OH is 1. The molecule has 0 saturated heterocycles. The van der Waals surface area contributed by atoms with Gasteiger partial charge in [-0.3, -0.25) is 0 Å². The highest BCUT2D eigenvalue weighted by Crippen LogP contribution is 2.76. The van der Waals surface area contributed by atoms with E-state index in [-0.39, 0.29) is 23.8 Å². The molecule has 6 atom stereocenters. The van der Waals surface area contributed by atoms with Gasteiger partial charge in [0.2, 0.25) is 5.82 Å². The third-order valence-electron chi connectivity index (χ3n) is 9.25. The fourth-order valence-corrected chi connectivity index (χ4v) is 7.27. The molecule has 3 aromatic carbocycles. The van der Waals surface area contributed by atoms with Crippen LogP contribution >= 0.6 is 11.6 Å². The van der Waals surface area contributed by atoms with Gasteiger partial charge >= 0.3 is 0 Å². The predicted octanol–water partition coefficient (Wildman–Crippen LogP) is 5.04. The molecular weight excluding hydrogens is 546 g/mol. The van der Waals surface area contributed by atoms with Crippen molar-refractivity contribution < 1.29 is 10.2 Å². The number of halogens is 1. The van der Waals surface area contributed by atoms with Crippen LogP contribution < -0.4 is 5.32 Å². The highest BCUT2D eigenvalue weighted by atomic mass is 35.5. The summed E-state index contributed by atoms with van der Waals surface area (Å²) in [6, 6.07) is 27.9. The number of fused-ring (bicyclic) bond motifs is 4. The maximum Gasteiger partial charge on any atom is 0.209 e. The molecule has 0 amide bonds. The minimum atomic E-state index is -1.13. The Labute approximate surface area is 248 Å². The molecule has 7 nitrogen and oxygen atoms in total. The Kier molecular flexibility index (Phi) is 5.87. The number of aromatic nitrogens is 4. The summed E-state index contributed by atoms with van der Waals surface area (Å²) in [7, 11) is 0. The van der Waals surface area contributed by atoms with Crippen LogP contribution in [0.1, 0.15) is 40.9 Å². The predicted molar refractivity (Wildman–Crippen MR) is 161 cm³/mol. The minimum absolute atomic E-state index is 0.0134. The molecule has 0 bridgehead atoms. The first-order chi connectivity index (χ1) is 20.5. The summed E-state index contributed by atoms with van der Waals surface area (Å²) in [4.78, 5) is 14.3. The van der Waals surface area contributed by atoms with Crippen molar-refractivity contribution in [3.8, 4) is 11.8 Å². The Balaban J connectivity index is 1.19. The number of nitrogens with one attached hydrogen (secondary N) is 1. The van der Waals surface area contributed by atoms with E-state index in [4.69, 9.17) is 26.6 Å². The number of aliphatic hydroxyl groups is 2. The number of benzene rings is 3. The molecule has 208 valence electrons. The van der Waals surface area contributed by atoms with E-state index in [1.807, 2.05) is 59.2 Å². The summed E-state index contributed by atoms with van der Waals surface area (Å²) in [6.07, 6.45) is 1.96. The molecule has 0 radical (unpaired) electrons. The number of rotatable bonds is 6. The second-order valence-electron chi connectivity index (χ2n) is 11.6. The van der Waals surface area contributed by atoms with Gasteiger partial charge in [0.25, 0.3) is 0 Å². The Morgan fingerprint density at radius 1 is 0.929 bits per heavy atom. The molecular formula is C34H28ClN5O2.